The lowest BCUT2D eigenvalue weighted by atomic mass is 10.1. The van der Waals surface area contributed by atoms with Crippen molar-refractivity contribution < 1.29 is 14.0 Å². The molecule has 1 atom stereocenters. The summed E-state index contributed by atoms with van der Waals surface area (Å²) in [5, 5.41) is 3.02. The normalized spacial score (nSPS) is 12.0. The number of hydrogen-bond acceptors (Lipinski definition) is 3. The van der Waals surface area contributed by atoms with Crippen LogP contribution in [0.3, 0.4) is 0 Å². The fourth-order valence-electron chi connectivity index (χ4n) is 2.82. The lowest BCUT2D eigenvalue weighted by Gasteiger charge is -2.26. The molecule has 1 unspecified atom stereocenters. The van der Waals surface area contributed by atoms with Crippen LogP contribution in [0.4, 0.5) is 0 Å². The van der Waals surface area contributed by atoms with Crippen molar-refractivity contribution in [1.29, 1.82) is 0 Å². The molecule has 2 aromatic rings. The molecule has 1 aromatic heterocycles. The summed E-state index contributed by atoms with van der Waals surface area (Å²) in [6.45, 7) is 6.29. The molecule has 0 aliphatic rings. The Morgan fingerprint density at radius 3 is 2.46 bits per heavy atom. The highest BCUT2D eigenvalue weighted by molar-refractivity contribution is 5.94. The molecule has 2 rings (SSSR count). The Morgan fingerprint density at radius 2 is 1.85 bits per heavy atom. The summed E-state index contributed by atoms with van der Waals surface area (Å²) < 4.78 is 4.98. The summed E-state index contributed by atoms with van der Waals surface area (Å²) in [6, 6.07) is 12.0. The van der Waals surface area contributed by atoms with Gasteiger partial charge in [0.05, 0.1) is 11.8 Å². The van der Waals surface area contributed by atoms with Gasteiger partial charge in [-0.2, -0.15) is 0 Å². The maximum atomic E-state index is 12.5. The number of aryl methyl sites for hydroxylation is 1. The first kappa shape index (κ1) is 19.8. The first-order valence-electron chi connectivity index (χ1n) is 9.14. The molecule has 0 saturated heterocycles. The minimum atomic E-state index is -0.112. The topological polar surface area (TPSA) is 62.6 Å². The maximum absolute atomic E-state index is 12.5. The van der Waals surface area contributed by atoms with Crippen LogP contribution < -0.4 is 5.32 Å². The van der Waals surface area contributed by atoms with Gasteiger partial charge in [-0.15, -0.1) is 0 Å². The van der Waals surface area contributed by atoms with Gasteiger partial charge in [-0.25, -0.2) is 0 Å². The monoisotopic (exact) mass is 356 g/mol. The number of hydrogen-bond donors (Lipinski definition) is 1. The Morgan fingerprint density at radius 1 is 1.12 bits per heavy atom. The molecule has 0 spiro atoms. The third-order valence-electron chi connectivity index (χ3n) is 4.35. The average Bonchev–Trinajstić information content (AvgIpc) is 3.15. The minimum Gasteiger partial charge on any atom is -0.472 e. The molecule has 0 aliphatic carbocycles. The lowest BCUT2D eigenvalue weighted by molar-refractivity contribution is -0.122. The zero-order valence-corrected chi connectivity index (χ0v) is 15.8. The predicted molar refractivity (Wildman–Crippen MR) is 102 cm³/mol. The first-order valence-corrected chi connectivity index (χ1v) is 9.14. The van der Waals surface area contributed by atoms with Gasteiger partial charge in [0.25, 0.3) is 5.91 Å². The van der Waals surface area contributed by atoms with Crippen LogP contribution in [0.15, 0.2) is 53.3 Å². The van der Waals surface area contributed by atoms with Crippen LogP contribution >= 0.6 is 0 Å². The number of amides is 2. The number of carbonyl (C=O) groups excluding carboxylic acids is 2. The molecule has 1 heterocycles. The van der Waals surface area contributed by atoms with Crippen molar-refractivity contribution in [2.75, 3.05) is 6.54 Å². The Bertz CT molecular complexity index is 681. The van der Waals surface area contributed by atoms with Crippen LogP contribution in [0.2, 0.25) is 0 Å². The highest BCUT2D eigenvalue weighted by Gasteiger charge is 2.20. The van der Waals surface area contributed by atoms with Gasteiger partial charge in [-0.1, -0.05) is 30.3 Å². The quantitative estimate of drug-likeness (QED) is 0.746. The molecule has 0 radical (unpaired) electrons. The van der Waals surface area contributed by atoms with Crippen molar-refractivity contribution in [2.24, 2.45) is 0 Å². The van der Waals surface area contributed by atoms with Gasteiger partial charge in [0, 0.05) is 25.0 Å². The predicted octanol–water partition coefficient (Wildman–Crippen LogP) is 3.66. The molecule has 1 N–H and O–H groups in total. The molecule has 2 amide bonds. The summed E-state index contributed by atoms with van der Waals surface area (Å²) in [5.74, 6) is -0.144. The molecule has 0 bridgehead atoms. The zero-order valence-electron chi connectivity index (χ0n) is 15.8. The third kappa shape index (κ3) is 6.06. The van der Waals surface area contributed by atoms with E-state index in [4.69, 9.17) is 4.42 Å². The highest BCUT2D eigenvalue weighted by Crippen LogP contribution is 2.10. The van der Waals surface area contributed by atoms with E-state index in [0.29, 0.717) is 12.1 Å². The number of carbonyl (C=O) groups is 2. The number of nitrogens with one attached hydrogen (secondary N) is 1. The summed E-state index contributed by atoms with van der Waals surface area (Å²) in [4.78, 5) is 26.4. The van der Waals surface area contributed by atoms with Gasteiger partial charge < -0.3 is 14.6 Å². The van der Waals surface area contributed by atoms with Crippen molar-refractivity contribution >= 4 is 11.8 Å². The Labute approximate surface area is 155 Å². The smallest absolute Gasteiger partial charge is 0.257 e. The van der Waals surface area contributed by atoms with E-state index in [-0.39, 0.29) is 30.3 Å². The largest absolute Gasteiger partial charge is 0.472 e. The van der Waals surface area contributed by atoms with Crippen molar-refractivity contribution in [3.05, 3.63) is 60.1 Å². The van der Waals surface area contributed by atoms with Gasteiger partial charge in [0.2, 0.25) is 5.91 Å². The van der Waals surface area contributed by atoms with E-state index in [9.17, 15) is 9.59 Å². The van der Waals surface area contributed by atoms with Gasteiger partial charge in [0.1, 0.15) is 6.26 Å². The fraction of sp³-hybridized carbons (Fsp3) is 0.429. The van der Waals surface area contributed by atoms with Crippen molar-refractivity contribution in [2.45, 2.75) is 52.1 Å². The van der Waals surface area contributed by atoms with E-state index in [1.54, 1.807) is 11.0 Å². The fourth-order valence-corrected chi connectivity index (χ4v) is 2.82. The highest BCUT2D eigenvalue weighted by atomic mass is 16.3. The molecule has 1 aromatic carbocycles. The molecule has 5 heteroatoms. The third-order valence-corrected chi connectivity index (χ3v) is 4.35. The van der Waals surface area contributed by atoms with Gasteiger partial charge >= 0.3 is 0 Å². The second kappa shape index (κ2) is 9.80. The van der Waals surface area contributed by atoms with E-state index < -0.39 is 0 Å². The van der Waals surface area contributed by atoms with Crippen LogP contribution in [0.25, 0.3) is 0 Å². The Balaban J connectivity index is 1.77. The summed E-state index contributed by atoms with van der Waals surface area (Å²) in [6.07, 6.45) is 5.02. The van der Waals surface area contributed by atoms with Crippen LogP contribution in [0, 0.1) is 0 Å². The van der Waals surface area contributed by atoms with Crippen LogP contribution in [-0.4, -0.2) is 35.3 Å². The van der Waals surface area contributed by atoms with E-state index in [0.717, 1.165) is 12.8 Å². The number of nitrogens with zero attached hydrogens (tertiary/aromatic N) is 1. The average molecular weight is 356 g/mol. The Hall–Kier alpha value is -2.56. The number of rotatable bonds is 9. The van der Waals surface area contributed by atoms with Crippen LogP contribution in [0.5, 0.6) is 0 Å². The first-order chi connectivity index (χ1) is 12.5. The van der Waals surface area contributed by atoms with Gasteiger partial charge in [-0.05, 0) is 45.2 Å². The molecule has 0 fully saturated rings. The molecule has 0 aliphatic heterocycles. The van der Waals surface area contributed by atoms with Crippen molar-refractivity contribution in [1.82, 2.24) is 10.2 Å². The number of furan rings is 1. The van der Waals surface area contributed by atoms with E-state index in [1.807, 2.05) is 39.0 Å². The molecule has 140 valence electrons. The molecular weight excluding hydrogens is 328 g/mol. The van der Waals surface area contributed by atoms with E-state index >= 15 is 0 Å². The second-order valence-electron chi connectivity index (χ2n) is 6.85. The lowest BCUT2D eigenvalue weighted by Crippen LogP contribution is -2.41. The molecule has 0 saturated carbocycles. The summed E-state index contributed by atoms with van der Waals surface area (Å²) in [7, 11) is 0. The van der Waals surface area contributed by atoms with Gasteiger partial charge in [-0.3, -0.25) is 9.59 Å². The zero-order chi connectivity index (χ0) is 18.9. The van der Waals surface area contributed by atoms with Crippen LogP contribution in [-0.2, 0) is 11.2 Å². The summed E-state index contributed by atoms with van der Waals surface area (Å²) in [5.41, 5.74) is 1.78. The minimum absolute atomic E-state index is 0.0145. The number of benzene rings is 1. The molecule has 26 heavy (non-hydrogen) atoms. The van der Waals surface area contributed by atoms with Crippen molar-refractivity contribution in [3.63, 3.8) is 0 Å². The molecular formula is C21H28N2O3. The van der Waals surface area contributed by atoms with E-state index in [1.165, 1.54) is 18.1 Å². The van der Waals surface area contributed by atoms with E-state index in [2.05, 4.69) is 17.4 Å². The van der Waals surface area contributed by atoms with Gasteiger partial charge in [0.15, 0.2) is 0 Å². The Kier molecular flexibility index (Phi) is 7.45. The maximum Gasteiger partial charge on any atom is 0.257 e. The second-order valence-corrected chi connectivity index (χ2v) is 6.85. The van der Waals surface area contributed by atoms with Crippen molar-refractivity contribution in [3.8, 4) is 0 Å². The standard InChI is InChI=1S/C21H28N2O3/c1-16(2)23(21(25)19-12-14-26-15-19)13-11-20(24)22-17(3)9-10-18-7-5-4-6-8-18/h4-8,12,14-17H,9-11,13H2,1-3H3,(H,22,24). The SMILES string of the molecule is CC(CCc1ccccc1)NC(=O)CCN(C(=O)c1ccoc1)C(C)C. The summed E-state index contributed by atoms with van der Waals surface area (Å²) >= 11 is 0. The molecule has 5 nitrogen and oxygen atoms in total. The van der Waals surface area contributed by atoms with Crippen LogP contribution in [0.1, 0.15) is 49.5 Å².